The van der Waals surface area contributed by atoms with E-state index in [1.165, 1.54) is 0 Å². The molecule has 150 valence electrons. The summed E-state index contributed by atoms with van der Waals surface area (Å²) in [6.07, 6.45) is 5.79. The molecule has 28 heavy (non-hydrogen) atoms. The molecular formula is C20H27N5O3. The lowest BCUT2D eigenvalue weighted by Crippen LogP contribution is -2.41. The minimum absolute atomic E-state index is 0.0336. The van der Waals surface area contributed by atoms with Gasteiger partial charge < -0.3 is 14.7 Å². The van der Waals surface area contributed by atoms with Crippen molar-refractivity contribution in [1.29, 1.82) is 0 Å². The average Bonchev–Trinajstić information content (AvgIpc) is 3.05. The first-order valence-electron chi connectivity index (χ1n) is 10.1. The van der Waals surface area contributed by atoms with Crippen molar-refractivity contribution in [1.82, 2.24) is 24.7 Å². The molecule has 3 amide bonds. The van der Waals surface area contributed by atoms with Gasteiger partial charge in [-0.3, -0.25) is 14.4 Å². The minimum atomic E-state index is -0.245. The summed E-state index contributed by atoms with van der Waals surface area (Å²) in [5.41, 5.74) is 1.94. The van der Waals surface area contributed by atoms with Crippen LogP contribution in [0, 0.1) is 5.92 Å². The molecule has 8 nitrogen and oxygen atoms in total. The third-order valence-corrected chi connectivity index (χ3v) is 6.16. The number of rotatable bonds is 2. The Bertz CT molecular complexity index is 811. The molecule has 8 heteroatoms. The van der Waals surface area contributed by atoms with Gasteiger partial charge in [-0.05, 0) is 19.3 Å². The van der Waals surface area contributed by atoms with Gasteiger partial charge in [-0.2, -0.15) is 0 Å². The highest BCUT2D eigenvalue weighted by atomic mass is 16.2. The van der Waals surface area contributed by atoms with Crippen molar-refractivity contribution >= 4 is 17.7 Å². The van der Waals surface area contributed by atoms with E-state index in [1.54, 1.807) is 18.9 Å². The molecule has 3 aliphatic heterocycles. The molecule has 4 heterocycles. The molecule has 0 spiro atoms. The summed E-state index contributed by atoms with van der Waals surface area (Å²) < 4.78 is 0. The van der Waals surface area contributed by atoms with Crippen LogP contribution in [0.25, 0.3) is 0 Å². The summed E-state index contributed by atoms with van der Waals surface area (Å²) in [5, 5.41) is 0. The van der Waals surface area contributed by atoms with Gasteiger partial charge in [0.05, 0.1) is 17.7 Å². The van der Waals surface area contributed by atoms with Crippen LogP contribution in [0.2, 0.25) is 0 Å². The van der Waals surface area contributed by atoms with E-state index in [1.807, 2.05) is 16.0 Å². The first-order valence-corrected chi connectivity index (χ1v) is 10.1. The monoisotopic (exact) mass is 385 g/mol. The zero-order valence-corrected chi connectivity index (χ0v) is 16.6. The molecule has 1 aromatic rings. The molecule has 0 N–H and O–H groups in total. The normalized spacial score (nSPS) is 25.1. The number of carbonyl (C=O) groups excluding carboxylic acids is 3. The molecule has 1 aromatic heterocycles. The fourth-order valence-electron chi connectivity index (χ4n) is 4.54. The lowest BCUT2D eigenvalue weighted by atomic mass is 10.00. The molecule has 0 radical (unpaired) electrons. The van der Waals surface area contributed by atoms with E-state index in [9.17, 15) is 14.4 Å². The maximum atomic E-state index is 12.8. The summed E-state index contributed by atoms with van der Waals surface area (Å²) >= 11 is 0. The highest BCUT2D eigenvalue weighted by Gasteiger charge is 2.36. The number of hydrogen-bond donors (Lipinski definition) is 0. The maximum Gasteiger partial charge on any atom is 0.228 e. The number of fused-ring (bicyclic) bond motifs is 1. The van der Waals surface area contributed by atoms with Gasteiger partial charge >= 0.3 is 0 Å². The molecular weight excluding hydrogens is 358 g/mol. The van der Waals surface area contributed by atoms with Crippen LogP contribution in [0.1, 0.15) is 55.7 Å². The number of likely N-dealkylation sites (tertiary alicyclic amines) is 2. The van der Waals surface area contributed by atoms with Crippen LogP contribution >= 0.6 is 0 Å². The molecule has 4 rings (SSSR count). The van der Waals surface area contributed by atoms with E-state index in [2.05, 4.69) is 4.98 Å². The first-order chi connectivity index (χ1) is 13.4. The van der Waals surface area contributed by atoms with Crippen LogP contribution in [-0.2, 0) is 27.3 Å². The van der Waals surface area contributed by atoms with Gasteiger partial charge in [0.2, 0.25) is 17.7 Å². The zero-order valence-electron chi connectivity index (χ0n) is 16.6. The van der Waals surface area contributed by atoms with E-state index in [0.717, 1.165) is 42.9 Å². The van der Waals surface area contributed by atoms with Crippen molar-refractivity contribution in [2.45, 2.75) is 51.6 Å². The maximum absolute atomic E-state index is 12.8. The van der Waals surface area contributed by atoms with Crippen molar-refractivity contribution in [3.05, 3.63) is 23.3 Å². The molecule has 0 unspecified atom stereocenters. The van der Waals surface area contributed by atoms with Crippen LogP contribution < -0.4 is 0 Å². The van der Waals surface area contributed by atoms with Gasteiger partial charge in [-0.1, -0.05) is 0 Å². The fourth-order valence-corrected chi connectivity index (χ4v) is 4.54. The summed E-state index contributed by atoms with van der Waals surface area (Å²) in [4.78, 5) is 51.2. The summed E-state index contributed by atoms with van der Waals surface area (Å²) in [6, 6.07) is -0.0451. The van der Waals surface area contributed by atoms with Gasteiger partial charge in [-0.25, -0.2) is 9.97 Å². The Labute approximate surface area is 164 Å². The number of amides is 3. The summed E-state index contributed by atoms with van der Waals surface area (Å²) in [6.45, 7) is 3.96. The quantitative estimate of drug-likeness (QED) is 0.755. The number of nitrogens with zero attached hydrogens (tertiary/aromatic N) is 5. The lowest BCUT2D eigenvalue weighted by molar-refractivity contribution is -0.136. The molecule has 3 aliphatic rings. The Balaban J connectivity index is 1.48. The van der Waals surface area contributed by atoms with Crippen molar-refractivity contribution < 1.29 is 14.4 Å². The Morgan fingerprint density at radius 1 is 1.21 bits per heavy atom. The van der Waals surface area contributed by atoms with Gasteiger partial charge in [0, 0.05) is 64.8 Å². The molecule has 0 aromatic carbocycles. The topological polar surface area (TPSA) is 86.7 Å². The van der Waals surface area contributed by atoms with E-state index >= 15 is 0 Å². The smallest absolute Gasteiger partial charge is 0.228 e. The van der Waals surface area contributed by atoms with Gasteiger partial charge in [0.25, 0.3) is 0 Å². The Morgan fingerprint density at radius 2 is 2.04 bits per heavy atom. The fraction of sp³-hybridized carbons (Fsp3) is 0.650. The molecule has 2 fully saturated rings. The van der Waals surface area contributed by atoms with Crippen molar-refractivity contribution in [2.75, 3.05) is 26.7 Å². The summed E-state index contributed by atoms with van der Waals surface area (Å²) in [5.74, 6) is 0.620. The Kier molecular flexibility index (Phi) is 5.03. The average molecular weight is 385 g/mol. The highest BCUT2D eigenvalue weighted by Crippen LogP contribution is 2.30. The van der Waals surface area contributed by atoms with Crippen LogP contribution in [-0.4, -0.2) is 69.1 Å². The van der Waals surface area contributed by atoms with Crippen molar-refractivity contribution in [3.63, 3.8) is 0 Å². The van der Waals surface area contributed by atoms with Crippen molar-refractivity contribution in [2.24, 2.45) is 5.92 Å². The van der Waals surface area contributed by atoms with Crippen LogP contribution in [0.3, 0.4) is 0 Å². The number of carbonyl (C=O) groups is 3. The van der Waals surface area contributed by atoms with Gasteiger partial charge in [0.1, 0.15) is 0 Å². The molecule has 2 saturated heterocycles. The second kappa shape index (κ2) is 7.48. The minimum Gasteiger partial charge on any atom is -0.345 e. The van der Waals surface area contributed by atoms with Gasteiger partial charge in [-0.15, -0.1) is 0 Å². The van der Waals surface area contributed by atoms with Crippen molar-refractivity contribution in [3.8, 4) is 0 Å². The predicted octanol–water partition coefficient (Wildman–Crippen LogP) is 0.913. The lowest BCUT2D eigenvalue weighted by Gasteiger charge is -2.35. The second-order valence-corrected chi connectivity index (χ2v) is 8.11. The molecule has 0 saturated carbocycles. The predicted molar refractivity (Wildman–Crippen MR) is 101 cm³/mol. The molecule has 2 atom stereocenters. The Morgan fingerprint density at radius 3 is 2.75 bits per heavy atom. The number of hydrogen-bond acceptors (Lipinski definition) is 5. The third-order valence-electron chi connectivity index (χ3n) is 6.16. The first kappa shape index (κ1) is 18.8. The number of aromatic nitrogens is 2. The SMILES string of the molecule is CC(=O)N1CCCC[C@@H]1c1ncc2c(n1)CCN(C(=O)[C@H]1CC(=O)N(C)C1)C2. The standard InChI is InChI=1S/C20H27N5O3/c1-13(26)25-7-4-3-5-17(25)19-21-10-15-12-24(8-6-16(15)22-19)20(28)14-9-18(27)23(2)11-14/h10,14,17H,3-9,11-12H2,1-2H3/t14-,17+/m0/s1. The van der Waals surface area contributed by atoms with Crippen LogP contribution in [0.5, 0.6) is 0 Å². The zero-order chi connectivity index (χ0) is 19.8. The second-order valence-electron chi connectivity index (χ2n) is 8.11. The van der Waals surface area contributed by atoms with E-state index in [0.29, 0.717) is 32.5 Å². The highest BCUT2D eigenvalue weighted by molar-refractivity contribution is 5.89. The van der Waals surface area contributed by atoms with Crippen LogP contribution in [0.15, 0.2) is 6.20 Å². The number of piperidine rings is 1. The van der Waals surface area contributed by atoms with E-state index < -0.39 is 0 Å². The van der Waals surface area contributed by atoms with E-state index in [4.69, 9.17) is 4.98 Å². The molecule has 0 aliphatic carbocycles. The van der Waals surface area contributed by atoms with Gasteiger partial charge in [0.15, 0.2) is 5.82 Å². The largest absolute Gasteiger partial charge is 0.345 e. The molecule has 0 bridgehead atoms. The van der Waals surface area contributed by atoms with Crippen LogP contribution in [0.4, 0.5) is 0 Å². The van der Waals surface area contributed by atoms with E-state index in [-0.39, 0.29) is 29.7 Å². The summed E-state index contributed by atoms with van der Waals surface area (Å²) in [7, 11) is 1.74. The third kappa shape index (κ3) is 3.47. The Hall–Kier alpha value is -2.51.